The summed E-state index contributed by atoms with van der Waals surface area (Å²) < 4.78 is 5.69. The van der Waals surface area contributed by atoms with Gasteiger partial charge in [-0.25, -0.2) is 4.79 Å². The Morgan fingerprint density at radius 2 is 2.22 bits per heavy atom. The highest BCUT2D eigenvalue weighted by Gasteiger charge is 2.19. The molecule has 0 saturated carbocycles. The molecule has 6 heteroatoms. The van der Waals surface area contributed by atoms with E-state index in [4.69, 9.17) is 4.74 Å². The maximum Gasteiger partial charge on any atom is 0.317 e. The van der Waals surface area contributed by atoms with Crippen molar-refractivity contribution in [1.82, 2.24) is 15.1 Å². The molecular formula is C17H29N3O2S. The molecule has 1 N–H and O–H groups in total. The van der Waals surface area contributed by atoms with Crippen molar-refractivity contribution in [2.24, 2.45) is 0 Å². The van der Waals surface area contributed by atoms with Crippen LogP contribution in [0.2, 0.25) is 0 Å². The highest BCUT2D eigenvalue weighted by Crippen LogP contribution is 2.18. The Kier molecular flexibility index (Phi) is 7.33. The largest absolute Gasteiger partial charge is 0.376 e. The molecule has 0 aromatic carbocycles. The summed E-state index contributed by atoms with van der Waals surface area (Å²) >= 11 is 1.72. The van der Waals surface area contributed by atoms with Crippen molar-refractivity contribution in [1.29, 1.82) is 0 Å². The Labute approximate surface area is 143 Å². The zero-order chi connectivity index (χ0) is 16.7. The van der Waals surface area contributed by atoms with Crippen molar-refractivity contribution in [3.05, 3.63) is 21.9 Å². The predicted octanol–water partition coefficient (Wildman–Crippen LogP) is 2.70. The van der Waals surface area contributed by atoms with Crippen LogP contribution in [0.4, 0.5) is 4.79 Å². The first-order valence-corrected chi connectivity index (χ1v) is 9.26. The Morgan fingerprint density at radius 1 is 1.39 bits per heavy atom. The fourth-order valence-electron chi connectivity index (χ4n) is 2.59. The number of carbonyl (C=O) groups is 1. The van der Waals surface area contributed by atoms with Crippen LogP contribution < -0.4 is 5.32 Å². The molecule has 1 aliphatic heterocycles. The molecule has 1 fully saturated rings. The third kappa shape index (κ3) is 6.12. The number of nitrogens with one attached hydrogen (secondary N) is 1. The zero-order valence-electron chi connectivity index (χ0n) is 14.5. The first-order valence-electron chi connectivity index (χ1n) is 8.38. The number of carbonyl (C=O) groups excluding carboxylic acids is 1. The number of aryl methyl sites for hydroxylation is 1. The molecule has 5 nitrogen and oxygen atoms in total. The third-order valence-corrected chi connectivity index (χ3v) is 5.17. The van der Waals surface area contributed by atoms with E-state index in [2.05, 4.69) is 28.6 Å². The van der Waals surface area contributed by atoms with Gasteiger partial charge >= 0.3 is 6.03 Å². The Balaban J connectivity index is 1.88. The van der Waals surface area contributed by atoms with Gasteiger partial charge in [0.25, 0.3) is 0 Å². The molecule has 1 saturated heterocycles. The summed E-state index contributed by atoms with van der Waals surface area (Å²) in [7, 11) is 4.06. The van der Waals surface area contributed by atoms with E-state index in [1.54, 1.807) is 11.3 Å². The van der Waals surface area contributed by atoms with Crippen LogP contribution >= 0.6 is 11.3 Å². The number of thiophene rings is 1. The summed E-state index contributed by atoms with van der Waals surface area (Å²) in [6, 6.07) is 2.12. The van der Waals surface area contributed by atoms with Crippen molar-refractivity contribution < 1.29 is 9.53 Å². The second-order valence-corrected chi connectivity index (χ2v) is 7.43. The van der Waals surface area contributed by atoms with Crippen LogP contribution in [0, 0.1) is 6.92 Å². The van der Waals surface area contributed by atoms with E-state index in [-0.39, 0.29) is 12.1 Å². The van der Waals surface area contributed by atoms with E-state index in [9.17, 15) is 4.79 Å². The minimum atomic E-state index is 0.00817. The number of hydrogen-bond donors (Lipinski definition) is 1. The summed E-state index contributed by atoms with van der Waals surface area (Å²) in [5.74, 6) is 0. The minimum Gasteiger partial charge on any atom is -0.376 e. The molecule has 2 rings (SSSR count). The van der Waals surface area contributed by atoms with Crippen LogP contribution in [0.5, 0.6) is 0 Å². The summed E-state index contributed by atoms with van der Waals surface area (Å²) in [4.78, 5) is 17.8. The van der Waals surface area contributed by atoms with Crippen LogP contribution in [-0.2, 0) is 11.3 Å². The Hall–Kier alpha value is -1.11. The first kappa shape index (κ1) is 18.2. The molecule has 0 radical (unpaired) electrons. The Bertz CT molecular complexity index is 484. The molecule has 23 heavy (non-hydrogen) atoms. The molecule has 0 unspecified atom stereocenters. The summed E-state index contributed by atoms with van der Waals surface area (Å²) in [6.45, 7) is 5.79. The van der Waals surface area contributed by atoms with Crippen molar-refractivity contribution in [3.63, 3.8) is 0 Å². The van der Waals surface area contributed by atoms with Gasteiger partial charge < -0.3 is 19.9 Å². The van der Waals surface area contributed by atoms with E-state index in [0.29, 0.717) is 13.1 Å². The van der Waals surface area contributed by atoms with Crippen molar-refractivity contribution in [3.8, 4) is 0 Å². The topological polar surface area (TPSA) is 44.8 Å². The molecule has 1 aromatic heterocycles. The number of rotatable bonds is 7. The fraction of sp³-hybridized carbons (Fsp3) is 0.706. The summed E-state index contributed by atoms with van der Waals surface area (Å²) in [5, 5.41) is 5.14. The van der Waals surface area contributed by atoms with Crippen molar-refractivity contribution in [2.45, 2.75) is 38.8 Å². The van der Waals surface area contributed by atoms with Gasteiger partial charge in [-0.3, -0.25) is 0 Å². The molecule has 1 atom stereocenters. The SMILES string of the molecule is Cc1ccsc1CN(CCN(C)C)C(=O)NC[C@H]1CCCCO1. The van der Waals surface area contributed by atoms with Gasteiger partial charge in [0.15, 0.2) is 0 Å². The van der Waals surface area contributed by atoms with Gasteiger partial charge in [0.05, 0.1) is 12.6 Å². The lowest BCUT2D eigenvalue weighted by Gasteiger charge is -2.27. The van der Waals surface area contributed by atoms with Gasteiger partial charge in [0.2, 0.25) is 0 Å². The molecule has 0 bridgehead atoms. The molecule has 2 heterocycles. The number of ether oxygens (including phenoxy) is 1. The van der Waals surface area contributed by atoms with Crippen molar-refractivity contribution >= 4 is 17.4 Å². The van der Waals surface area contributed by atoms with Gasteiger partial charge in [-0.1, -0.05) is 0 Å². The van der Waals surface area contributed by atoms with E-state index in [0.717, 1.165) is 32.5 Å². The molecule has 130 valence electrons. The van der Waals surface area contributed by atoms with Gasteiger partial charge in [0.1, 0.15) is 0 Å². The predicted molar refractivity (Wildman–Crippen MR) is 95.0 cm³/mol. The average molecular weight is 340 g/mol. The van der Waals surface area contributed by atoms with Gasteiger partial charge in [-0.05, 0) is 57.3 Å². The third-order valence-electron chi connectivity index (χ3n) is 4.16. The Morgan fingerprint density at radius 3 is 2.83 bits per heavy atom. The van der Waals surface area contributed by atoms with Crippen LogP contribution in [0.15, 0.2) is 11.4 Å². The maximum atomic E-state index is 12.6. The number of likely N-dealkylation sites (N-methyl/N-ethyl adjacent to an activating group) is 1. The number of nitrogens with zero attached hydrogens (tertiary/aromatic N) is 2. The molecule has 0 spiro atoms. The van der Waals surface area contributed by atoms with Gasteiger partial charge in [0, 0.05) is 31.1 Å². The molecule has 0 aliphatic carbocycles. The van der Waals surface area contributed by atoms with E-state index in [1.165, 1.54) is 16.9 Å². The highest BCUT2D eigenvalue weighted by molar-refractivity contribution is 7.10. The quantitative estimate of drug-likeness (QED) is 0.831. The van der Waals surface area contributed by atoms with Crippen LogP contribution in [0.25, 0.3) is 0 Å². The fourth-order valence-corrected chi connectivity index (χ4v) is 3.51. The standard InChI is InChI=1S/C17H29N3O2S/c1-14-7-11-23-16(14)13-20(9-8-19(2)3)17(21)18-12-15-6-4-5-10-22-15/h7,11,15H,4-6,8-10,12-13H2,1-3H3,(H,18,21)/t15-/m1/s1. The normalized spacial score (nSPS) is 18.2. The van der Waals surface area contributed by atoms with E-state index >= 15 is 0 Å². The molecule has 1 aliphatic rings. The van der Waals surface area contributed by atoms with Crippen LogP contribution in [-0.4, -0.2) is 62.3 Å². The lowest BCUT2D eigenvalue weighted by molar-refractivity contribution is 0.0176. The van der Waals surface area contributed by atoms with E-state index < -0.39 is 0 Å². The monoisotopic (exact) mass is 339 g/mol. The van der Waals surface area contributed by atoms with Gasteiger partial charge in [-0.2, -0.15) is 0 Å². The smallest absolute Gasteiger partial charge is 0.317 e. The minimum absolute atomic E-state index is 0.00817. The van der Waals surface area contributed by atoms with Crippen LogP contribution in [0.3, 0.4) is 0 Å². The summed E-state index contributed by atoms with van der Waals surface area (Å²) in [5.41, 5.74) is 1.26. The second kappa shape index (κ2) is 9.25. The first-order chi connectivity index (χ1) is 11.1. The number of amides is 2. The van der Waals surface area contributed by atoms with Crippen molar-refractivity contribution in [2.75, 3.05) is 40.3 Å². The lowest BCUT2D eigenvalue weighted by atomic mass is 10.1. The molecule has 1 aromatic rings. The lowest BCUT2D eigenvalue weighted by Crippen LogP contribution is -2.45. The maximum absolute atomic E-state index is 12.6. The average Bonchev–Trinajstić information content (AvgIpc) is 2.95. The molecular weight excluding hydrogens is 310 g/mol. The summed E-state index contributed by atoms with van der Waals surface area (Å²) in [6.07, 6.45) is 3.55. The van der Waals surface area contributed by atoms with Gasteiger partial charge in [-0.15, -0.1) is 11.3 Å². The van der Waals surface area contributed by atoms with Crippen LogP contribution in [0.1, 0.15) is 29.7 Å². The highest BCUT2D eigenvalue weighted by atomic mass is 32.1. The molecule has 2 amide bonds. The van der Waals surface area contributed by atoms with E-state index in [1.807, 2.05) is 19.0 Å². The zero-order valence-corrected chi connectivity index (χ0v) is 15.3. The second-order valence-electron chi connectivity index (χ2n) is 6.43. The number of hydrogen-bond acceptors (Lipinski definition) is 4. The number of urea groups is 1.